The molecule has 0 fully saturated rings. The van der Waals surface area contributed by atoms with Gasteiger partial charge in [-0.3, -0.25) is 0 Å². The van der Waals surface area contributed by atoms with E-state index < -0.39 is 0 Å². The third kappa shape index (κ3) is 1.95. The van der Waals surface area contributed by atoms with Gasteiger partial charge < -0.3 is 5.11 Å². The summed E-state index contributed by atoms with van der Waals surface area (Å²) in [6.45, 7) is 1.94. The van der Waals surface area contributed by atoms with Crippen molar-refractivity contribution in [2.45, 2.75) is 13.5 Å². The minimum atomic E-state index is -0.0148. The van der Waals surface area contributed by atoms with E-state index in [1.807, 2.05) is 19.1 Å². The standard InChI is InChI=1S/C8H8BrClO/c1-5-2-6(4-11)8(10)7(9)3-5/h2-3,11H,4H2,1H3. The van der Waals surface area contributed by atoms with E-state index in [2.05, 4.69) is 15.9 Å². The summed E-state index contributed by atoms with van der Waals surface area (Å²) >= 11 is 9.15. The van der Waals surface area contributed by atoms with Gasteiger partial charge in [0.25, 0.3) is 0 Å². The Hall–Kier alpha value is -0.0500. The van der Waals surface area contributed by atoms with Crippen molar-refractivity contribution >= 4 is 27.5 Å². The first-order valence-corrected chi connectivity index (χ1v) is 4.37. The fourth-order valence-corrected chi connectivity index (χ4v) is 1.70. The second-order valence-electron chi connectivity index (χ2n) is 2.38. The summed E-state index contributed by atoms with van der Waals surface area (Å²) in [6, 6.07) is 3.79. The van der Waals surface area contributed by atoms with Crippen LogP contribution in [0.3, 0.4) is 0 Å². The summed E-state index contributed by atoms with van der Waals surface area (Å²) in [7, 11) is 0. The van der Waals surface area contributed by atoms with Gasteiger partial charge >= 0.3 is 0 Å². The lowest BCUT2D eigenvalue weighted by Crippen LogP contribution is -1.87. The van der Waals surface area contributed by atoms with Gasteiger partial charge in [0.15, 0.2) is 0 Å². The van der Waals surface area contributed by atoms with E-state index in [0.29, 0.717) is 5.02 Å². The first kappa shape index (κ1) is 9.04. The van der Waals surface area contributed by atoms with Crippen molar-refractivity contribution in [3.05, 3.63) is 32.8 Å². The average Bonchev–Trinajstić information content (AvgIpc) is 1.96. The molecule has 0 spiro atoms. The zero-order valence-corrected chi connectivity index (χ0v) is 8.41. The van der Waals surface area contributed by atoms with Gasteiger partial charge in [-0.15, -0.1) is 0 Å². The average molecular weight is 236 g/mol. The smallest absolute Gasteiger partial charge is 0.0696 e. The van der Waals surface area contributed by atoms with Crippen LogP contribution >= 0.6 is 27.5 Å². The van der Waals surface area contributed by atoms with E-state index in [0.717, 1.165) is 15.6 Å². The molecule has 0 aliphatic carbocycles. The Balaban J connectivity index is 3.24. The monoisotopic (exact) mass is 234 g/mol. The van der Waals surface area contributed by atoms with Crippen molar-refractivity contribution in [2.24, 2.45) is 0 Å². The predicted octanol–water partition coefficient (Wildman–Crippen LogP) is 2.90. The van der Waals surface area contributed by atoms with Crippen LogP contribution in [0.4, 0.5) is 0 Å². The van der Waals surface area contributed by atoms with Crippen LogP contribution in [0.25, 0.3) is 0 Å². The Morgan fingerprint density at radius 1 is 1.55 bits per heavy atom. The summed E-state index contributed by atoms with van der Waals surface area (Å²) in [6.07, 6.45) is 0. The minimum Gasteiger partial charge on any atom is -0.392 e. The van der Waals surface area contributed by atoms with Crippen molar-refractivity contribution in [1.29, 1.82) is 0 Å². The third-order valence-electron chi connectivity index (χ3n) is 1.42. The van der Waals surface area contributed by atoms with Gasteiger partial charge in [0.05, 0.1) is 11.6 Å². The molecule has 1 rings (SSSR count). The maximum absolute atomic E-state index is 8.86. The van der Waals surface area contributed by atoms with E-state index >= 15 is 0 Å². The highest BCUT2D eigenvalue weighted by molar-refractivity contribution is 9.10. The molecule has 0 amide bonds. The number of hydrogen-bond donors (Lipinski definition) is 1. The quantitative estimate of drug-likeness (QED) is 0.793. The van der Waals surface area contributed by atoms with Crippen molar-refractivity contribution < 1.29 is 5.11 Å². The molecule has 1 nitrogen and oxygen atoms in total. The predicted molar refractivity (Wildman–Crippen MR) is 49.8 cm³/mol. The normalized spacial score (nSPS) is 10.2. The Morgan fingerprint density at radius 3 is 2.73 bits per heavy atom. The van der Waals surface area contributed by atoms with Crippen LogP contribution in [0.15, 0.2) is 16.6 Å². The maximum atomic E-state index is 8.86. The van der Waals surface area contributed by atoms with Gasteiger partial charge in [-0.2, -0.15) is 0 Å². The highest BCUT2D eigenvalue weighted by Gasteiger charge is 2.03. The summed E-state index contributed by atoms with van der Waals surface area (Å²) in [5.41, 5.74) is 1.85. The molecule has 0 unspecified atom stereocenters. The van der Waals surface area contributed by atoms with Gasteiger partial charge in [0, 0.05) is 4.47 Å². The minimum absolute atomic E-state index is 0.0148. The zero-order chi connectivity index (χ0) is 8.43. The van der Waals surface area contributed by atoms with E-state index in [4.69, 9.17) is 16.7 Å². The van der Waals surface area contributed by atoms with E-state index in [-0.39, 0.29) is 6.61 Å². The van der Waals surface area contributed by atoms with Gasteiger partial charge in [-0.1, -0.05) is 17.7 Å². The molecule has 3 heteroatoms. The molecule has 0 bridgehead atoms. The Kier molecular flexibility index (Phi) is 2.93. The van der Waals surface area contributed by atoms with Gasteiger partial charge in [-0.05, 0) is 40.0 Å². The number of rotatable bonds is 1. The Bertz CT molecular complexity index is 273. The molecule has 0 radical (unpaired) electrons. The van der Waals surface area contributed by atoms with Crippen molar-refractivity contribution in [1.82, 2.24) is 0 Å². The highest BCUT2D eigenvalue weighted by atomic mass is 79.9. The molecule has 0 aliphatic rings. The molecule has 1 aromatic carbocycles. The fraction of sp³-hybridized carbons (Fsp3) is 0.250. The molecule has 0 saturated heterocycles. The molecular formula is C8H8BrClO. The summed E-state index contributed by atoms with van der Waals surface area (Å²) in [4.78, 5) is 0. The first-order chi connectivity index (χ1) is 5.15. The molecule has 60 valence electrons. The van der Waals surface area contributed by atoms with Crippen LogP contribution in [0.2, 0.25) is 5.02 Å². The molecule has 0 aromatic heterocycles. The number of aliphatic hydroxyl groups is 1. The van der Waals surface area contributed by atoms with Crippen LogP contribution < -0.4 is 0 Å². The number of halogens is 2. The number of aliphatic hydroxyl groups excluding tert-OH is 1. The SMILES string of the molecule is Cc1cc(Br)c(Cl)c(CO)c1. The largest absolute Gasteiger partial charge is 0.392 e. The topological polar surface area (TPSA) is 20.2 Å². The van der Waals surface area contributed by atoms with Crippen LogP contribution in [0.1, 0.15) is 11.1 Å². The van der Waals surface area contributed by atoms with Gasteiger partial charge in [0.2, 0.25) is 0 Å². The van der Waals surface area contributed by atoms with Crippen molar-refractivity contribution in [2.75, 3.05) is 0 Å². The number of hydrogen-bond acceptors (Lipinski definition) is 1. The fourth-order valence-electron chi connectivity index (χ4n) is 0.912. The van der Waals surface area contributed by atoms with Crippen molar-refractivity contribution in [3.63, 3.8) is 0 Å². The zero-order valence-electron chi connectivity index (χ0n) is 6.06. The Labute approximate surface area is 79.1 Å². The van der Waals surface area contributed by atoms with Gasteiger partial charge in [-0.25, -0.2) is 0 Å². The highest BCUT2D eigenvalue weighted by Crippen LogP contribution is 2.27. The first-order valence-electron chi connectivity index (χ1n) is 3.20. The molecule has 1 N–H and O–H groups in total. The van der Waals surface area contributed by atoms with Crippen LogP contribution in [-0.4, -0.2) is 5.11 Å². The molecule has 0 heterocycles. The van der Waals surface area contributed by atoms with E-state index in [9.17, 15) is 0 Å². The maximum Gasteiger partial charge on any atom is 0.0696 e. The van der Waals surface area contributed by atoms with Crippen LogP contribution in [-0.2, 0) is 6.61 Å². The number of aryl methyl sites for hydroxylation is 1. The molecule has 1 aromatic rings. The summed E-state index contributed by atoms with van der Waals surface area (Å²) in [5.74, 6) is 0. The molecule has 0 atom stereocenters. The lowest BCUT2D eigenvalue weighted by Gasteiger charge is -2.03. The van der Waals surface area contributed by atoms with Crippen LogP contribution in [0.5, 0.6) is 0 Å². The summed E-state index contributed by atoms with van der Waals surface area (Å²) in [5, 5.41) is 9.46. The van der Waals surface area contributed by atoms with Gasteiger partial charge in [0.1, 0.15) is 0 Å². The third-order valence-corrected chi connectivity index (χ3v) is 2.72. The lowest BCUT2D eigenvalue weighted by molar-refractivity contribution is 0.282. The van der Waals surface area contributed by atoms with Crippen molar-refractivity contribution in [3.8, 4) is 0 Å². The second-order valence-corrected chi connectivity index (χ2v) is 3.61. The number of benzene rings is 1. The molecule has 0 aliphatic heterocycles. The summed E-state index contributed by atoms with van der Waals surface area (Å²) < 4.78 is 0.836. The molecule has 11 heavy (non-hydrogen) atoms. The molecular weight excluding hydrogens is 227 g/mol. The molecule has 0 saturated carbocycles. The second kappa shape index (κ2) is 3.57. The Morgan fingerprint density at radius 2 is 2.18 bits per heavy atom. The van der Waals surface area contributed by atoms with E-state index in [1.165, 1.54) is 0 Å². The van der Waals surface area contributed by atoms with Crippen LogP contribution in [0, 0.1) is 6.92 Å². The van der Waals surface area contributed by atoms with E-state index in [1.54, 1.807) is 0 Å². The lowest BCUT2D eigenvalue weighted by atomic mass is 10.1.